The monoisotopic (exact) mass is 205 g/mol. The van der Waals surface area contributed by atoms with Gasteiger partial charge < -0.3 is 14.8 Å². The molecule has 15 heavy (non-hydrogen) atoms. The lowest BCUT2D eigenvalue weighted by Crippen LogP contribution is -2.06. The number of H-pyrrole nitrogens is 1. The Hall–Kier alpha value is -1.97. The zero-order chi connectivity index (χ0) is 11.0. The Balaban J connectivity index is 2.96. The molecule has 1 aromatic heterocycles. The van der Waals surface area contributed by atoms with Gasteiger partial charge in [0.25, 0.3) is 5.56 Å². The molecule has 0 spiro atoms. The molecular weight excluding hydrogens is 194 g/mol. The minimum atomic E-state index is -0.206. The van der Waals surface area contributed by atoms with Crippen LogP contribution in [-0.4, -0.2) is 17.2 Å². The van der Waals surface area contributed by atoms with Crippen molar-refractivity contribution in [2.24, 2.45) is 0 Å². The molecular formula is C11H11NO3. The molecule has 78 valence electrons. The molecule has 0 aliphatic carbocycles. The van der Waals surface area contributed by atoms with Crippen molar-refractivity contribution in [2.45, 2.75) is 6.92 Å². The van der Waals surface area contributed by atoms with E-state index in [-0.39, 0.29) is 11.3 Å². The highest BCUT2D eigenvalue weighted by molar-refractivity contribution is 5.90. The van der Waals surface area contributed by atoms with Crippen molar-refractivity contribution in [1.29, 1.82) is 0 Å². The van der Waals surface area contributed by atoms with Crippen LogP contribution in [0.3, 0.4) is 0 Å². The Morgan fingerprint density at radius 1 is 1.40 bits per heavy atom. The average Bonchev–Trinajstić information content (AvgIpc) is 2.23. The van der Waals surface area contributed by atoms with Gasteiger partial charge in [0.05, 0.1) is 12.5 Å². The summed E-state index contributed by atoms with van der Waals surface area (Å²) in [6, 6.07) is 3.41. The molecule has 2 aromatic rings. The largest absolute Gasteiger partial charge is 0.506 e. The van der Waals surface area contributed by atoms with E-state index in [1.807, 2.05) is 0 Å². The third-order valence-corrected chi connectivity index (χ3v) is 2.39. The summed E-state index contributed by atoms with van der Waals surface area (Å²) in [5, 5.41) is 10.6. The first-order valence-electron chi connectivity index (χ1n) is 4.52. The first-order valence-corrected chi connectivity index (χ1v) is 4.52. The van der Waals surface area contributed by atoms with Gasteiger partial charge in [0.15, 0.2) is 0 Å². The van der Waals surface area contributed by atoms with Crippen LogP contribution < -0.4 is 10.3 Å². The van der Waals surface area contributed by atoms with E-state index in [1.54, 1.807) is 26.2 Å². The van der Waals surface area contributed by atoms with E-state index in [9.17, 15) is 9.90 Å². The molecule has 0 aliphatic rings. The number of aromatic amines is 1. The van der Waals surface area contributed by atoms with E-state index in [2.05, 4.69) is 4.98 Å². The average molecular weight is 205 g/mol. The summed E-state index contributed by atoms with van der Waals surface area (Å²) in [6.07, 6.45) is 1.28. The van der Waals surface area contributed by atoms with Gasteiger partial charge in [-0.2, -0.15) is 0 Å². The quantitative estimate of drug-likeness (QED) is 0.742. The number of fused-ring (bicyclic) bond motifs is 1. The van der Waals surface area contributed by atoms with Gasteiger partial charge in [-0.3, -0.25) is 4.79 Å². The summed E-state index contributed by atoms with van der Waals surface area (Å²) in [5.74, 6) is 0.674. The maximum Gasteiger partial charge on any atom is 0.256 e. The van der Waals surface area contributed by atoms with Gasteiger partial charge in [0.2, 0.25) is 0 Å². The molecule has 0 radical (unpaired) electrons. The number of aryl methyl sites for hydroxylation is 1. The van der Waals surface area contributed by atoms with Crippen LogP contribution >= 0.6 is 0 Å². The molecule has 0 saturated heterocycles. The van der Waals surface area contributed by atoms with Gasteiger partial charge >= 0.3 is 0 Å². The Morgan fingerprint density at radius 2 is 2.13 bits per heavy atom. The van der Waals surface area contributed by atoms with Gasteiger partial charge in [-0.25, -0.2) is 0 Å². The molecule has 0 bridgehead atoms. The second-order valence-electron chi connectivity index (χ2n) is 3.37. The third-order valence-electron chi connectivity index (χ3n) is 2.39. The number of methoxy groups -OCH3 is 1. The van der Waals surface area contributed by atoms with Crippen molar-refractivity contribution >= 4 is 10.8 Å². The molecule has 0 amide bonds. The fourth-order valence-electron chi connectivity index (χ4n) is 1.66. The molecule has 2 rings (SSSR count). The van der Waals surface area contributed by atoms with Gasteiger partial charge in [-0.15, -0.1) is 0 Å². The zero-order valence-corrected chi connectivity index (χ0v) is 8.50. The SMILES string of the molecule is COc1cc(C)c2c(=O)[nH]cc(O)c2c1. The summed E-state index contributed by atoms with van der Waals surface area (Å²) >= 11 is 0. The van der Waals surface area contributed by atoms with Crippen LogP contribution in [0.15, 0.2) is 23.1 Å². The minimum absolute atomic E-state index is 0.0478. The standard InChI is InChI=1S/C11H11NO3/c1-6-3-7(15-2)4-8-9(13)5-12-11(14)10(6)8/h3-5,13H,1-2H3,(H,12,14). The van der Waals surface area contributed by atoms with Crippen molar-refractivity contribution in [2.75, 3.05) is 7.11 Å². The minimum Gasteiger partial charge on any atom is -0.506 e. The van der Waals surface area contributed by atoms with Gasteiger partial charge in [-0.05, 0) is 24.6 Å². The van der Waals surface area contributed by atoms with Crippen molar-refractivity contribution in [1.82, 2.24) is 4.98 Å². The molecule has 1 heterocycles. The van der Waals surface area contributed by atoms with Crippen LogP contribution in [0, 0.1) is 6.92 Å². The van der Waals surface area contributed by atoms with Crippen LogP contribution in [0.2, 0.25) is 0 Å². The van der Waals surface area contributed by atoms with Gasteiger partial charge in [0, 0.05) is 11.6 Å². The maximum atomic E-state index is 11.5. The van der Waals surface area contributed by atoms with Crippen molar-refractivity contribution in [3.8, 4) is 11.5 Å². The molecule has 1 aromatic carbocycles. The first kappa shape index (κ1) is 9.58. The second-order valence-corrected chi connectivity index (χ2v) is 3.37. The number of nitrogens with one attached hydrogen (secondary N) is 1. The molecule has 0 saturated carbocycles. The van der Waals surface area contributed by atoms with E-state index >= 15 is 0 Å². The van der Waals surface area contributed by atoms with Crippen molar-refractivity contribution in [3.63, 3.8) is 0 Å². The normalized spacial score (nSPS) is 10.5. The highest BCUT2D eigenvalue weighted by Gasteiger charge is 2.08. The Bertz CT molecular complexity index is 572. The lowest BCUT2D eigenvalue weighted by molar-refractivity contribution is 0.414. The van der Waals surface area contributed by atoms with E-state index in [0.717, 1.165) is 5.56 Å². The van der Waals surface area contributed by atoms with Gasteiger partial charge in [0.1, 0.15) is 11.5 Å². The molecule has 0 atom stereocenters. The number of aromatic hydroxyl groups is 1. The van der Waals surface area contributed by atoms with E-state index in [1.165, 1.54) is 6.20 Å². The summed E-state index contributed by atoms with van der Waals surface area (Å²) in [6.45, 7) is 1.81. The Morgan fingerprint density at radius 3 is 2.80 bits per heavy atom. The van der Waals surface area contributed by atoms with Crippen LogP contribution in [0.5, 0.6) is 11.5 Å². The number of hydrogen-bond acceptors (Lipinski definition) is 3. The number of hydrogen-bond donors (Lipinski definition) is 2. The van der Waals surface area contributed by atoms with Crippen molar-refractivity contribution in [3.05, 3.63) is 34.2 Å². The predicted octanol–water partition coefficient (Wildman–Crippen LogP) is 1.55. The number of ether oxygens (including phenoxy) is 1. The number of aromatic nitrogens is 1. The highest BCUT2D eigenvalue weighted by atomic mass is 16.5. The summed E-state index contributed by atoms with van der Waals surface area (Å²) in [4.78, 5) is 14.0. The molecule has 0 unspecified atom stereocenters. The van der Waals surface area contributed by atoms with Crippen LogP contribution in [0.4, 0.5) is 0 Å². The lowest BCUT2D eigenvalue weighted by atomic mass is 10.1. The van der Waals surface area contributed by atoms with Gasteiger partial charge in [-0.1, -0.05) is 0 Å². The fourth-order valence-corrected chi connectivity index (χ4v) is 1.66. The topological polar surface area (TPSA) is 62.3 Å². The molecule has 0 aliphatic heterocycles. The molecule has 4 heteroatoms. The van der Waals surface area contributed by atoms with E-state index in [0.29, 0.717) is 16.5 Å². The lowest BCUT2D eigenvalue weighted by Gasteiger charge is -2.06. The second kappa shape index (κ2) is 3.31. The first-order chi connectivity index (χ1) is 7.13. The maximum absolute atomic E-state index is 11.5. The highest BCUT2D eigenvalue weighted by Crippen LogP contribution is 2.27. The fraction of sp³-hybridized carbons (Fsp3) is 0.182. The van der Waals surface area contributed by atoms with Crippen LogP contribution in [0.25, 0.3) is 10.8 Å². The summed E-state index contributed by atoms with van der Waals surface area (Å²) < 4.78 is 5.07. The summed E-state index contributed by atoms with van der Waals surface area (Å²) in [7, 11) is 1.55. The molecule has 4 nitrogen and oxygen atoms in total. The third kappa shape index (κ3) is 1.44. The Labute approximate surface area is 86.1 Å². The zero-order valence-electron chi connectivity index (χ0n) is 8.50. The van der Waals surface area contributed by atoms with E-state index in [4.69, 9.17) is 4.74 Å². The Kier molecular flexibility index (Phi) is 2.11. The van der Waals surface area contributed by atoms with Crippen LogP contribution in [-0.2, 0) is 0 Å². The predicted molar refractivity (Wildman–Crippen MR) is 57.5 cm³/mol. The van der Waals surface area contributed by atoms with Crippen molar-refractivity contribution < 1.29 is 9.84 Å². The smallest absolute Gasteiger partial charge is 0.256 e. The number of benzene rings is 1. The number of pyridine rings is 1. The molecule has 2 N–H and O–H groups in total. The van der Waals surface area contributed by atoms with E-state index < -0.39 is 0 Å². The summed E-state index contributed by atoms with van der Waals surface area (Å²) in [5.41, 5.74) is 0.574. The molecule has 0 fully saturated rings. The van der Waals surface area contributed by atoms with Crippen LogP contribution in [0.1, 0.15) is 5.56 Å². The number of rotatable bonds is 1.